The quantitative estimate of drug-likeness (QED) is 0.228. The van der Waals surface area contributed by atoms with Gasteiger partial charge in [0.05, 0.1) is 24.4 Å². The zero-order valence-electron chi connectivity index (χ0n) is 15.8. The molecule has 0 spiro atoms. The van der Waals surface area contributed by atoms with E-state index in [2.05, 4.69) is 40.4 Å². The smallest absolute Gasteiger partial charge is 0.191 e. The van der Waals surface area contributed by atoms with Crippen molar-refractivity contribution >= 4 is 8.32 Å². The fourth-order valence-corrected chi connectivity index (χ4v) is 3.90. The molecule has 0 saturated carbocycles. The van der Waals surface area contributed by atoms with E-state index in [0.29, 0.717) is 29.5 Å². The van der Waals surface area contributed by atoms with Gasteiger partial charge >= 0.3 is 0 Å². The second-order valence-corrected chi connectivity index (χ2v) is 13.4. The zero-order chi connectivity index (χ0) is 17.1. The molecule has 0 bridgehead atoms. The summed E-state index contributed by atoms with van der Waals surface area (Å²) in [7, 11) is -1.58. The van der Waals surface area contributed by atoms with Crippen LogP contribution < -0.4 is 0 Å². The third-order valence-electron chi connectivity index (χ3n) is 5.67. The van der Waals surface area contributed by atoms with Crippen LogP contribution in [0, 0.1) is 0 Å². The molecule has 0 aromatic rings. The largest absolute Gasteiger partial charge is 0.417 e. The highest BCUT2D eigenvalue weighted by Gasteiger charge is 2.43. The van der Waals surface area contributed by atoms with Gasteiger partial charge in [0.2, 0.25) is 0 Å². The van der Waals surface area contributed by atoms with E-state index in [1.165, 1.54) is 0 Å². The lowest BCUT2D eigenvalue weighted by molar-refractivity contribution is 0.269. The van der Waals surface area contributed by atoms with E-state index in [9.17, 15) is 0 Å². The average molecular weight is 341 g/mol. The summed E-state index contributed by atoms with van der Waals surface area (Å²) in [6, 6.07) is 0. The van der Waals surface area contributed by atoms with Gasteiger partial charge in [-0.1, -0.05) is 26.8 Å². The normalized spacial score (nSPS) is 30.3. The van der Waals surface area contributed by atoms with Crippen molar-refractivity contribution in [1.29, 1.82) is 0 Å². The van der Waals surface area contributed by atoms with Crippen molar-refractivity contribution in [2.45, 2.75) is 102 Å². The van der Waals surface area contributed by atoms with Gasteiger partial charge in [-0.15, -0.1) is 6.58 Å². The minimum Gasteiger partial charge on any atom is -0.417 e. The first-order chi connectivity index (χ1) is 10.7. The van der Waals surface area contributed by atoms with Crippen LogP contribution in [0.1, 0.15) is 59.3 Å². The van der Waals surface area contributed by atoms with Gasteiger partial charge in [0.1, 0.15) is 0 Å². The fourth-order valence-electron chi connectivity index (χ4n) is 2.81. The van der Waals surface area contributed by atoms with Gasteiger partial charge in [-0.2, -0.15) is 0 Å². The maximum absolute atomic E-state index is 6.22. The maximum atomic E-state index is 6.22. The van der Waals surface area contributed by atoms with Crippen molar-refractivity contribution in [3.8, 4) is 0 Å². The predicted octanol–water partition coefficient (Wildman–Crippen LogP) is 5.07. The molecule has 3 nitrogen and oxygen atoms in total. The highest BCUT2D eigenvalue weighted by molar-refractivity contribution is 6.74. The van der Waals surface area contributed by atoms with Gasteiger partial charge in [0, 0.05) is 6.61 Å². The van der Waals surface area contributed by atoms with Crippen molar-refractivity contribution < 1.29 is 13.9 Å². The molecule has 0 unspecified atom stereocenters. The summed E-state index contributed by atoms with van der Waals surface area (Å²) in [6.45, 7) is 16.2. The molecule has 134 valence electrons. The third-order valence-corrected chi connectivity index (χ3v) is 10.2. The van der Waals surface area contributed by atoms with Crippen LogP contribution in [-0.4, -0.2) is 39.3 Å². The van der Waals surface area contributed by atoms with Gasteiger partial charge in [0.15, 0.2) is 8.32 Å². The minimum atomic E-state index is -1.58. The third kappa shape index (κ3) is 6.00. The van der Waals surface area contributed by atoms with E-state index in [0.717, 1.165) is 45.1 Å². The second kappa shape index (κ2) is 7.81. The molecule has 2 fully saturated rings. The van der Waals surface area contributed by atoms with E-state index in [1.807, 2.05) is 6.08 Å². The Morgan fingerprint density at radius 2 is 1.48 bits per heavy atom. The zero-order valence-corrected chi connectivity index (χ0v) is 16.8. The Hall–Kier alpha value is -0.163. The number of allylic oxidation sites excluding steroid dienone is 1. The van der Waals surface area contributed by atoms with Gasteiger partial charge in [-0.25, -0.2) is 0 Å². The number of hydrogen-bond acceptors (Lipinski definition) is 3. The van der Waals surface area contributed by atoms with Gasteiger partial charge in [0.25, 0.3) is 0 Å². The summed E-state index contributed by atoms with van der Waals surface area (Å²) in [5.74, 6) is 0. The van der Waals surface area contributed by atoms with Crippen molar-refractivity contribution in [3.05, 3.63) is 12.7 Å². The molecule has 23 heavy (non-hydrogen) atoms. The van der Waals surface area contributed by atoms with Crippen molar-refractivity contribution in [2.24, 2.45) is 0 Å². The molecule has 4 heteroatoms. The van der Waals surface area contributed by atoms with E-state index >= 15 is 0 Å². The van der Waals surface area contributed by atoms with Gasteiger partial charge in [-0.05, 0) is 56.7 Å². The van der Waals surface area contributed by atoms with Crippen LogP contribution in [0.2, 0.25) is 18.1 Å². The SMILES string of the molecule is C=CCC[C@H]1O[C@@H]1CC[C@H]1O[C@@H]1CCCO[Si](C)(C)C(C)(C)C. The first-order valence-corrected chi connectivity index (χ1v) is 12.2. The summed E-state index contributed by atoms with van der Waals surface area (Å²) < 4.78 is 17.7. The molecule has 2 aliphatic rings. The van der Waals surface area contributed by atoms with Gasteiger partial charge < -0.3 is 13.9 Å². The van der Waals surface area contributed by atoms with Crippen molar-refractivity contribution in [2.75, 3.05) is 6.61 Å². The minimum absolute atomic E-state index is 0.304. The number of epoxide rings is 2. The van der Waals surface area contributed by atoms with Crippen LogP contribution in [0.15, 0.2) is 12.7 Å². The summed E-state index contributed by atoms with van der Waals surface area (Å²) in [5, 5.41) is 0.304. The molecule has 2 heterocycles. The molecule has 0 radical (unpaired) electrons. The van der Waals surface area contributed by atoms with Crippen LogP contribution in [0.25, 0.3) is 0 Å². The molecular formula is C19H36O3Si. The lowest BCUT2D eigenvalue weighted by Gasteiger charge is -2.36. The molecule has 0 aromatic carbocycles. The van der Waals surface area contributed by atoms with E-state index in [1.54, 1.807) is 0 Å². The van der Waals surface area contributed by atoms with Crippen LogP contribution in [-0.2, 0) is 13.9 Å². The fraction of sp³-hybridized carbons (Fsp3) is 0.895. The molecule has 2 rings (SSSR count). The standard InChI is InChI=1S/C19H36O3Si/c1-7-8-10-15-17(21-15)12-13-18-16(22-18)11-9-14-20-23(5,6)19(2,3)4/h7,15-18H,1,8-14H2,2-6H3/t15-,16-,17-,18-/m1/s1. The summed E-state index contributed by atoms with van der Waals surface area (Å²) >= 11 is 0. The number of rotatable bonds is 11. The van der Waals surface area contributed by atoms with E-state index in [-0.39, 0.29) is 0 Å². The first kappa shape index (κ1) is 19.2. The van der Waals surface area contributed by atoms with E-state index < -0.39 is 8.32 Å². The van der Waals surface area contributed by atoms with Crippen LogP contribution >= 0.6 is 0 Å². The van der Waals surface area contributed by atoms with Gasteiger partial charge in [-0.3, -0.25) is 0 Å². The first-order valence-electron chi connectivity index (χ1n) is 9.30. The molecule has 2 saturated heterocycles. The predicted molar refractivity (Wildman–Crippen MR) is 98.4 cm³/mol. The van der Waals surface area contributed by atoms with Crippen LogP contribution in [0.3, 0.4) is 0 Å². The molecule has 4 atom stereocenters. The van der Waals surface area contributed by atoms with Crippen molar-refractivity contribution in [3.63, 3.8) is 0 Å². The Kier molecular flexibility index (Phi) is 6.51. The highest BCUT2D eigenvalue weighted by atomic mass is 28.4. The van der Waals surface area contributed by atoms with Crippen LogP contribution in [0.5, 0.6) is 0 Å². The summed E-state index contributed by atoms with van der Waals surface area (Å²) in [4.78, 5) is 0. The maximum Gasteiger partial charge on any atom is 0.191 e. The Morgan fingerprint density at radius 1 is 0.957 bits per heavy atom. The topological polar surface area (TPSA) is 34.3 Å². The Bertz CT molecular complexity index is 389. The molecule has 0 aliphatic carbocycles. The lowest BCUT2D eigenvalue weighted by atomic mass is 10.1. The monoisotopic (exact) mass is 340 g/mol. The molecule has 2 aliphatic heterocycles. The Morgan fingerprint density at radius 3 is 2.00 bits per heavy atom. The van der Waals surface area contributed by atoms with Crippen molar-refractivity contribution in [1.82, 2.24) is 0 Å². The molecule has 0 amide bonds. The second-order valence-electron chi connectivity index (χ2n) is 8.62. The number of hydrogen-bond donors (Lipinski definition) is 0. The molecule has 0 aromatic heterocycles. The van der Waals surface area contributed by atoms with E-state index in [4.69, 9.17) is 13.9 Å². The lowest BCUT2D eigenvalue weighted by Crippen LogP contribution is -2.41. The molecular weight excluding hydrogens is 304 g/mol. The highest BCUT2D eigenvalue weighted by Crippen LogP contribution is 2.38. The van der Waals surface area contributed by atoms with Crippen LogP contribution in [0.4, 0.5) is 0 Å². The Balaban J connectivity index is 1.48. The summed E-state index contributed by atoms with van der Waals surface area (Å²) in [6.07, 6.45) is 10.7. The molecule has 0 N–H and O–H groups in total. The summed E-state index contributed by atoms with van der Waals surface area (Å²) in [5.41, 5.74) is 0. The number of ether oxygens (including phenoxy) is 2. The Labute approximate surface area is 143 Å². The average Bonchev–Trinajstić information content (AvgIpc) is 3.34.